The van der Waals surface area contributed by atoms with Gasteiger partial charge in [-0.1, -0.05) is 41.5 Å². The maximum Gasteiger partial charge on any atom is 0.226 e. The van der Waals surface area contributed by atoms with Crippen molar-refractivity contribution < 1.29 is 9.59 Å². The van der Waals surface area contributed by atoms with Crippen LogP contribution in [0.3, 0.4) is 0 Å². The lowest BCUT2D eigenvalue weighted by molar-refractivity contribution is -0.131. The molecule has 0 aliphatic carbocycles. The molecule has 3 nitrogen and oxygen atoms in total. The van der Waals surface area contributed by atoms with Crippen molar-refractivity contribution in [3.05, 3.63) is 0 Å². The normalized spacial score (nSPS) is 12.4. The fraction of sp³-hybridized carbons (Fsp3) is 0.857. The number of Topliss-reactive ketones (excluding diaryl/α,β-unsaturated/α-hetero) is 1. The molecule has 0 heterocycles. The van der Waals surface area contributed by atoms with E-state index in [1.807, 2.05) is 13.8 Å². The second kappa shape index (κ2) is 6.18. The van der Waals surface area contributed by atoms with Crippen molar-refractivity contribution in [2.45, 2.75) is 60.8 Å². The third-order valence-corrected chi connectivity index (χ3v) is 2.96. The van der Waals surface area contributed by atoms with Gasteiger partial charge in [-0.05, 0) is 18.3 Å². The lowest BCUT2D eigenvalue weighted by atomic mass is 9.79. The van der Waals surface area contributed by atoms with E-state index < -0.39 is 5.41 Å². The molecule has 0 aromatic carbocycles. The summed E-state index contributed by atoms with van der Waals surface area (Å²) in [6.45, 7) is 12.3. The zero-order valence-electron chi connectivity index (χ0n) is 12.1. The van der Waals surface area contributed by atoms with E-state index in [2.05, 4.69) is 26.1 Å². The molecule has 0 fully saturated rings. The maximum atomic E-state index is 11.9. The zero-order chi connectivity index (χ0) is 13.7. The number of ketones is 1. The van der Waals surface area contributed by atoms with Crippen LogP contribution >= 0.6 is 0 Å². The van der Waals surface area contributed by atoms with E-state index in [1.165, 1.54) is 0 Å². The summed E-state index contributed by atoms with van der Waals surface area (Å²) in [6, 6.07) is 0. The van der Waals surface area contributed by atoms with Gasteiger partial charge in [-0.2, -0.15) is 0 Å². The van der Waals surface area contributed by atoms with Crippen LogP contribution in [0.25, 0.3) is 0 Å². The smallest absolute Gasteiger partial charge is 0.226 e. The molecular weight excluding hydrogens is 214 g/mol. The number of amides is 1. The first-order valence-electron chi connectivity index (χ1n) is 6.38. The summed E-state index contributed by atoms with van der Waals surface area (Å²) in [7, 11) is 0. The van der Waals surface area contributed by atoms with Gasteiger partial charge in [-0.3, -0.25) is 9.59 Å². The first-order chi connectivity index (χ1) is 7.58. The van der Waals surface area contributed by atoms with Crippen LogP contribution in [-0.4, -0.2) is 18.2 Å². The van der Waals surface area contributed by atoms with E-state index in [4.69, 9.17) is 0 Å². The lowest BCUT2D eigenvalue weighted by Gasteiger charge is -2.27. The second-order valence-corrected chi connectivity index (χ2v) is 6.52. The molecule has 0 spiro atoms. The lowest BCUT2D eigenvalue weighted by Crippen LogP contribution is -2.39. The number of hydrogen-bond donors (Lipinski definition) is 1. The van der Waals surface area contributed by atoms with Crippen molar-refractivity contribution in [2.75, 3.05) is 6.54 Å². The summed E-state index contributed by atoms with van der Waals surface area (Å²) in [4.78, 5) is 23.1. The molecule has 3 heteroatoms. The minimum absolute atomic E-state index is 0.0245. The summed E-state index contributed by atoms with van der Waals surface area (Å²) < 4.78 is 0. The molecule has 1 N–H and O–H groups in total. The Kier molecular flexibility index (Phi) is 5.86. The van der Waals surface area contributed by atoms with Crippen molar-refractivity contribution in [2.24, 2.45) is 10.8 Å². The average molecular weight is 241 g/mol. The van der Waals surface area contributed by atoms with E-state index in [0.29, 0.717) is 6.42 Å². The molecule has 0 atom stereocenters. The molecule has 0 saturated heterocycles. The number of rotatable bonds is 6. The van der Waals surface area contributed by atoms with Crippen LogP contribution < -0.4 is 5.32 Å². The van der Waals surface area contributed by atoms with Crippen LogP contribution in [0.15, 0.2) is 0 Å². The Morgan fingerprint density at radius 3 is 1.94 bits per heavy atom. The van der Waals surface area contributed by atoms with Crippen LogP contribution in [0.4, 0.5) is 0 Å². The van der Waals surface area contributed by atoms with Gasteiger partial charge in [0.25, 0.3) is 0 Å². The van der Waals surface area contributed by atoms with Crippen molar-refractivity contribution in [3.63, 3.8) is 0 Å². The molecule has 0 aromatic heterocycles. The standard InChI is InChI=1S/C14H27NO2/c1-7-11(16)10-15-12(17)14(5,6)9-8-13(2,3)4/h7-10H2,1-6H3,(H,15,17). The SMILES string of the molecule is CCC(=O)CNC(=O)C(C)(C)CCC(C)(C)C. The van der Waals surface area contributed by atoms with Crippen molar-refractivity contribution in [1.82, 2.24) is 5.32 Å². The van der Waals surface area contributed by atoms with Gasteiger partial charge in [-0.15, -0.1) is 0 Å². The van der Waals surface area contributed by atoms with Crippen molar-refractivity contribution in [1.29, 1.82) is 0 Å². The van der Waals surface area contributed by atoms with Gasteiger partial charge in [0, 0.05) is 11.8 Å². The quantitative estimate of drug-likeness (QED) is 0.777. The molecule has 100 valence electrons. The summed E-state index contributed by atoms with van der Waals surface area (Å²) in [5.41, 5.74) is -0.169. The predicted octanol–water partition coefficient (Wildman–Crippen LogP) is 2.93. The molecule has 0 aromatic rings. The van der Waals surface area contributed by atoms with Crippen LogP contribution in [0.5, 0.6) is 0 Å². The second-order valence-electron chi connectivity index (χ2n) is 6.52. The highest BCUT2D eigenvalue weighted by atomic mass is 16.2. The molecule has 0 aliphatic heterocycles. The third-order valence-electron chi connectivity index (χ3n) is 2.96. The van der Waals surface area contributed by atoms with Gasteiger partial charge in [0.05, 0.1) is 6.54 Å². The van der Waals surface area contributed by atoms with Crippen LogP contribution in [0.1, 0.15) is 60.8 Å². The van der Waals surface area contributed by atoms with Crippen molar-refractivity contribution in [3.8, 4) is 0 Å². The van der Waals surface area contributed by atoms with Crippen molar-refractivity contribution >= 4 is 11.7 Å². The van der Waals surface area contributed by atoms with Gasteiger partial charge >= 0.3 is 0 Å². The Bertz CT molecular complexity index is 274. The minimum Gasteiger partial charge on any atom is -0.349 e. The maximum absolute atomic E-state index is 11.9. The molecule has 1 amide bonds. The molecule has 0 bridgehead atoms. The minimum atomic E-state index is -0.401. The first-order valence-corrected chi connectivity index (χ1v) is 6.38. The highest BCUT2D eigenvalue weighted by molar-refractivity contribution is 5.88. The van der Waals surface area contributed by atoms with Gasteiger partial charge in [-0.25, -0.2) is 0 Å². The van der Waals surface area contributed by atoms with E-state index in [0.717, 1.165) is 12.8 Å². The Morgan fingerprint density at radius 1 is 1.00 bits per heavy atom. The fourth-order valence-corrected chi connectivity index (χ4v) is 1.34. The van der Waals surface area contributed by atoms with Gasteiger partial charge in [0.2, 0.25) is 5.91 Å². The highest BCUT2D eigenvalue weighted by Crippen LogP contribution is 2.30. The molecule has 0 unspecified atom stereocenters. The van der Waals surface area contributed by atoms with E-state index in [1.54, 1.807) is 6.92 Å². The van der Waals surface area contributed by atoms with E-state index in [9.17, 15) is 9.59 Å². The Morgan fingerprint density at radius 2 is 1.53 bits per heavy atom. The molecule has 0 rings (SSSR count). The molecule has 17 heavy (non-hydrogen) atoms. The first kappa shape index (κ1) is 16.1. The van der Waals surface area contributed by atoms with Gasteiger partial charge < -0.3 is 5.32 Å². The van der Waals surface area contributed by atoms with E-state index in [-0.39, 0.29) is 23.7 Å². The summed E-state index contributed by atoms with van der Waals surface area (Å²) in [5, 5.41) is 2.72. The largest absolute Gasteiger partial charge is 0.349 e. The zero-order valence-corrected chi connectivity index (χ0v) is 12.1. The number of carbonyl (C=O) groups is 2. The van der Waals surface area contributed by atoms with Gasteiger partial charge in [0.15, 0.2) is 5.78 Å². The van der Waals surface area contributed by atoms with Crippen LogP contribution in [-0.2, 0) is 9.59 Å². The monoisotopic (exact) mass is 241 g/mol. The summed E-state index contributed by atoms with van der Waals surface area (Å²) in [5.74, 6) is 0.0496. The predicted molar refractivity (Wildman–Crippen MR) is 70.8 cm³/mol. The number of carbonyl (C=O) groups excluding carboxylic acids is 2. The Labute approximate surface area is 105 Å². The molecular formula is C14H27NO2. The van der Waals surface area contributed by atoms with Crippen LogP contribution in [0.2, 0.25) is 0 Å². The molecule has 0 aliphatic rings. The Hall–Kier alpha value is -0.860. The van der Waals surface area contributed by atoms with Crippen LogP contribution in [0, 0.1) is 10.8 Å². The molecule has 0 radical (unpaired) electrons. The highest BCUT2D eigenvalue weighted by Gasteiger charge is 2.29. The fourth-order valence-electron chi connectivity index (χ4n) is 1.34. The summed E-state index contributed by atoms with van der Waals surface area (Å²) >= 11 is 0. The van der Waals surface area contributed by atoms with Gasteiger partial charge in [0.1, 0.15) is 0 Å². The topological polar surface area (TPSA) is 46.2 Å². The average Bonchev–Trinajstić information content (AvgIpc) is 2.21. The third kappa shape index (κ3) is 7.14. The molecule has 0 saturated carbocycles. The number of hydrogen-bond acceptors (Lipinski definition) is 2. The number of nitrogens with one attached hydrogen (secondary N) is 1. The van der Waals surface area contributed by atoms with E-state index >= 15 is 0 Å². The Balaban J connectivity index is 4.21. The summed E-state index contributed by atoms with van der Waals surface area (Å²) in [6.07, 6.45) is 2.31.